The number of imidazole rings is 1. The van der Waals surface area contributed by atoms with Crippen LogP contribution in [0.5, 0.6) is 0 Å². The average molecular weight is 370 g/mol. The van der Waals surface area contributed by atoms with E-state index in [1.807, 2.05) is 18.0 Å². The second-order valence-electron chi connectivity index (χ2n) is 8.33. The van der Waals surface area contributed by atoms with Crippen LogP contribution in [0.2, 0.25) is 0 Å². The van der Waals surface area contributed by atoms with E-state index in [9.17, 15) is 4.79 Å². The van der Waals surface area contributed by atoms with Gasteiger partial charge in [-0.15, -0.1) is 0 Å². The molecule has 4 rings (SSSR count). The van der Waals surface area contributed by atoms with E-state index in [1.54, 1.807) is 0 Å². The first-order valence-electron chi connectivity index (χ1n) is 10.4. The molecule has 1 saturated carbocycles. The van der Waals surface area contributed by atoms with Crippen LogP contribution in [-0.4, -0.2) is 43.6 Å². The van der Waals surface area contributed by atoms with Crippen LogP contribution in [0.1, 0.15) is 67.2 Å². The molecule has 3 heterocycles. The van der Waals surface area contributed by atoms with Gasteiger partial charge in [0.2, 0.25) is 5.91 Å². The number of hydrogen-bond donors (Lipinski definition) is 1. The van der Waals surface area contributed by atoms with E-state index >= 15 is 0 Å². The summed E-state index contributed by atoms with van der Waals surface area (Å²) in [6.45, 7) is 6.86. The van der Waals surface area contributed by atoms with Crippen molar-refractivity contribution in [3.63, 3.8) is 0 Å². The molecule has 1 amide bonds. The highest BCUT2D eigenvalue weighted by molar-refractivity contribution is 5.76. The second-order valence-corrected chi connectivity index (χ2v) is 8.33. The third-order valence-electron chi connectivity index (χ3n) is 6.50. The summed E-state index contributed by atoms with van der Waals surface area (Å²) in [6, 6.07) is 0. The van der Waals surface area contributed by atoms with E-state index in [4.69, 9.17) is 0 Å². The van der Waals surface area contributed by atoms with Gasteiger partial charge in [0, 0.05) is 56.5 Å². The second kappa shape index (κ2) is 7.87. The third kappa shape index (κ3) is 3.94. The van der Waals surface area contributed by atoms with Gasteiger partial charge in [0.1, 0.15) is 5.82 Å². The van der Waals surface area contributed by atoms with E-state index in [2.05, 4.69) is 32.9 Å². The van der Waals surface area contributed by atoms with Crippen LogP contribution in [0, 0.1) is 19.8 Å². The van der Waals surface area contributed by atoms with Crippen molar-refractivity contribution >= 4 is 5.91 Å². The van der Waals surface area contributed by atoms with Crippen molar-refractivity contribution in [1.29, 1.82) is 0 Å². The van der Waals surface area contributed by atoms with Gasteiger partial charge >= 0.3 is 0 Å². The third-order valence-corrected chi connectivity index (χ3v) is 6.50. The predicted molar refractivity (Wildman–Crippen MR) is 105 cm³/mol. The number of carbonyl (C=O) groups is 1. The van der Waals surface area contributed by atoms with E-state index in [0.29, 0.717) is 18.8 Å². The van der Waals surface area contributed by atoms with Crippen molar-refractivity contribution in [3.05, 3.63) is 35.2 Å². The van der Waals surface area contributed by atoms with Gasteiger partial charge < -0.3 is 9.47 Å². The lowest BCUT2D eigenvalue weighted by Crippen LogP contribution is -2.40. The maximum Gasteiger partial charge on any atom is 0.222 e. The fourth-order valence-corrected chi connectivity index (χ4v) is 4.37. The number of likely N-dealkylation sites (tertiary alicyclic amines) is 1. The molecule has 2 aromatic rings. The minimum absolute atomic E-state index is 0.247. The number of aromatic amines is 1. The standard InChI is InChI=1S/C21H31N5O/c1-15-16(2)23-24-19(15)8-9-20(27)25-11-4-7-18(14-25)21-22-10-12-26(21)13-17-5-3-6-17/h10,12,17-18H,3-9,11,13-14H2,1-2H3,(H,23,24). The molecule has 1 unspecified atom stereocenters. The number of hydrogen-bond acceptors (Lipinski definition) is 3. The molecule has 0 aromatic carbocycles. The Labute approximate surface area is 161 Å². The van der Waals surface area contributed by atoms with Crippen molar-refractivity contribution in [2.24, 2.45) is 5.92 Å². The number of rotatable bonds is 6. The summed E-state index contributed by atoms with van der Waals surface area (Å²) >= 11 is 0. The minimum Gasteiger partial charge on any atom is -0.342 e. The Morgan fingerprint density at radius 2 is 2.11 bits per heavy atom. The fraction of sp³-hybridized carbons (Fsp3) is 0.667. The van der Waals surface area contributed by atoms with Gasteiger partial charge in [-0.3, -0.25) is 9.89 Å². The van der Waals surface area contributed by atoms with E-state index in [0.717, 1.165) is 49.8 Å². The Bertz CT molecular complexity index is 788. The van der Waals surface area contributed by atoms with E-state index in [-0.39, 0.29) is 5.91 Å². The lowest BCUT2D eigenvalue weighted by atomic mass is 9.85. The van der Waals surface area contributed by atoms with Crippen molar-refractivity contribution in [2.45, 2.75) is 71.3 Å². The summed E-state index contributed by atoms with van der Waals surface area (Å²) in [5.74, 6) is 2.61. The lowest BCUT2D eigenvalue weighted by molar-refractivity contribution is -0.132. The zero-order valence-electron chi connectivity index (χ0n) is 16.6. The number of nitrogens with one attached hydrogen (secondary N) is 1. The maximum atomic E-state index is 12.8. The van der Waals surface area contributed by atoms with Crippen LogP contribution in [0.25, 0.3) is 0 Å². The molecule has 6 heteroatoms. The molecule has 1 N–H and O–H groups in total. The molecule has 1 saturated heterocycles. The topological polar surface area (TPSA) is 66.8 Å². The molecule has 0 radical (unpaired) electrons. The van der Waals surface area contributed by atoms with Crippen molar-refractivity contribution < 1.29 is 4.79 Å². The first-order valence-corrected chi connectivity index (χ1v) is 10.4. The summed E-state index contributed by atoms with van der Waals surface area (Å²) in [5.41, 5.74) is 3.29. The molecule has 2 fully saturated rings. The Morgan fingerprint density at radius 1 is 1.26 bits per heavy atom. The average Bonchev–Trinajstić information content (AvgIpc) is 3.24. The SMILES string of the molecule is Cc1[nH]nc(CCC(=O)N2CCCC(c3nccn3CC3CCC3)C2)c1C. The monoisotopic (exact) mass is 369 g/mol. The quantitative estimate of drug-likeness (QED) is 0.849. The number of amides is 1. The van der Waals surface area contributed by atoms with Gasteiger partial charge in [-0.1, -0.05) is 6.42 Å². The number of nitrogens with zero attached hydrogens (tertiary/aromatic N) is 4. The lowest BCUT2D eigenvalue weighted by Gasteiger charge is -2.33. The van der Waals surface area contributed by atoms with Crippen LogP contribution in [0.15, 0.2) is 12.4 Å². The maximum absolute atomic E-state index is 12.8. The summed E-state index contributed by atoms with van der Waals surface area (Å²) in [7, 11) is 0. The van der Waals surface area contributed by atoms with Gasteiger partial charge in [0.15, 0.2) is 0 Å². The summed E-state index contributed by atoms with van der Waals surface area (Å²) < 4.78 is 2.35. The Hall–Kier alpha value is -2.11. The number of piperidine rings is 1. The molecular formula is C21H31N5O. The highest BCUT2D eigenvalue weighted by atomic mass is 16.2. The Balaban J connectivity index is 1.35. The van der Waals surface area contributed by atoms with Crippen LogP contribution in [-0.2, 0) is 17.8 Å². The minimum atomic E-state index is 0.247. The molecule has 146 valence electrons. The summed E-state index contributed by atoms with van der Waals surface area (Å²) in [4.78, 5) is 19.5. The summed E-state index contributed by atoms with van der Waals surface area (Å²) in [6.07, 6.45) is 11.6. The molecule has 2 aromatic heterocycles. The molecule has 2 aliphatic rings. The highest BCUT2D eigenvalue weighted by Crippen LogP contribution is 2.31. The summed E-state index contributed by atoms with van der Waals surface area (Å²) in [5, 5.41) is 7.34. The van der Waals surface area contributed by atoms with Crippen LogP contribution >= 0.6 is 0 Å². The van der Waals surface area contributed by atoms with E-state index < -0.39 is 0 Å². The molecule has 27 heavy (non-hydrogen) atoms. The number of carbonyl (C=O) groups excluding carboxylic acids is 1. The van der Waals surface area contributed by atoms with Crippen LogP contribution in [0.3, 0.4) is 0 Å². The van der Waals surface area contributed by atoms with Gasteiger partial charge in [-0.05, 0) is 51.0 Å². The van der Waals surface area contributed by atoms with Crippen LogP contribution in [0.4, 0.5) is 0 Å². The molecular weight excluding hydrogens is 338 g/mol. The van der Waals surface area contributed by atoms with Crippen LogP contribution < -0.4 is 0 Å². The molecule has 1 atom stereocenters. The molecule has 1 aliphatic carbocycles. The number of aromatic nitrogens is 4. The van der Waals surface area contributed by atoms with Gasteiger partial charge in [-0.2, -0.15) is 5.10 Å². The smallest absolute Gasteiger partial charge is 0.222 e. The first-order chi connectivity index (χ1) is 13.1. The molecule has 0 bridgehead atoms. The fourth-order valence-electron chi connectivity index (χ4n) is 4.37. The highest BCUT2D eigenvalue weighted by Gasteiger charge is 2.28. The predicted octanol–water partition coefficient (Wildman–Crippen LogP) is 3.36. The normalized spacial score (nSPS) is 20.7. The Morgan fingerprint density at radius 3 is 2.81 bits per heavy atom. The largest absolute Gasteiger partial charge is 0.342 e. The Kier molecular flexibility index (Phi) is 5.32. The van der Waals surface area contributed by atoms with Crippen molar-refractivity contribution in [2.75, 3.05) is 13.1 Å². The zero-order valence-corrected chi connectivity index (χ0v) is 16.6. The zero-order chi connectivity index (χ0) is 18.8. The molecule has 1 aliphatic heterocycles. The number of H-pyrrole nitrogens is 1. The van der Waals surface area contributed by atoms with Gasteiger partial charge in [0.25, 0.3) is 0 Å². The number of aryl methyl sites for hydroxylation is 2. The van der Waals surface area contributed by atoms with E-state index in [1.165, 1.54) is 30.7 Å². The van der Waals surface area contributed by atoms with Gasteiger partial charge in [-0.25, -0.2) is 4.98 Å². The molecule has 6 nitrogen and oxygen atoms in total. The van der Waals surface area contributed by atoms with Crippen molar-refractivity contribution in [3.8, 4) is 0 Å². The first kappa shape index (κ1) is 18.3. The van der Waals surface area contributed by atoms with Crippen molar-refractivity contribution in [1.82, 2.24) is 24.6 Å². The van der Waals surface area contributed by atoms with Gasteiger partial charge in [0.05, 0.1) is 5.69 Å². The molecule has 0 spiro atoms.